The van der Waals surface area contributed by atoms with Crippen molar-refractivity contribution >= 4 is 5.91 Å². The fourth-order valence-electron chi connectivity index (χ4n) is 4.08. The van der Waals surface area contributed by atoms with Crippen molar-refractivity contribution in [1.82, 2.24) is 14.8 Å². The molecule has 1 aliphatic rings. The van der Waals surface area contributed by atoms with Gasteiger partial charge in [-0.25, -0.2) is 22.0 Å². The molecule has 2 aromatic rings. The van der Waals surface area contributed by atoms with Crippen molar-refractivity contribution in [2.75, 3.05) is 13.1 Å². The molecule has 12 heteroatoms. The number of aromatic nitrogens is 1. The van der Waals surface area contributed by atoms with Crippen LogP contribution in [-0.2, 0) is 6.54 Å². The maximum atomic E-state index is 13.9. The highest BCUT2D eigenvalue weighted by atomic mass is 19.3. The van der Waals surface area contributed by atoms with Gasteiger partial charge in [0.15, 0.2) is 12.0 Å². The van der Waals surface area contributed by atoms with Crippen molar-refractivity contribution < 1.29 is 37.0 Å². The van der Waals surface area contributed by atoms with Gasteiger partial charge in [-0.3, -0.25) is 14.5 Å². The summed E-state index contributed by atoms with van der Waals surface area (Å²) < 4.78 is 69.9. The number of carbonyl (C=O) groups excluding carboxylic acids is 1. The molecule has 0 saturated heterocycles. The van der Waals surface area contributed by atoms with E-state index in [-0.39, 0.29) is 25.1 Å². The molecule has 1 aromatic carbocycles. The van der Waals surface area contributed by atoms with E-state index in [9.17, 15) is 41.8 Å². The van der Waals surface area contributed by atoms with Crippen LogP contribution in [0.5, 0.6) is 5.75 Å². The number of alkyl halides is 2. The van der Waals surface area contributed by atoms with E-state index in [4.69, 9.17) is 0 Å². The number of fused-ring (bicyclic) bond motifs is 1. The monoisotopic (exact) mass is 503 g/mol. The van der Waals surface area contributed by atoms with E-state index < -0.39 is 76.8 Å². The van der Waals surface area contributed by atoms with Crippen LogP contribution < -0.4 is 10.7 Å². The average molecular weight is 503 g/mol. The molecule has 2 atom stereocenters. The maximum absolute atomic E-state index is 13.9. The molecular formula is C23H26F5N3O4. The van der Waals surface area contributed by atoms with Crippen molar-refractivity contribution in [3.05, 3.63) is 62.8 Å². The van der Waals surface area contributed by atoms with Crippen LogP contribution in [0.15, 0.2) is 23.1 Å². The number of pyridine rings is 1. The third-order valence-corrected chi connectivity index (χ3v) is 6.22. The number of rotatable bonds is 8. The number of aliphatic hydroxyl groups is 1. The molecule has 0 aliphatic carbocycles. The number of hydrogen-bond donors (Lipinski definition) is 3. The number of nitrogens with one attached hydrogen (secondary N) is 1. The zero-order valence-corrected chi connectivity index (χ0v) is 19.1. The molecule has 1 aromatic heterocycles. The molecular weight excluding hydrogens is 477 g/mol. The lowest BCUT2D eigenvalue weighted by Crippen LogP contribution is -2.43. The first-order chi connectivity index (χ1) is 16.4. The van der Waals surface area contributed by atoms with Crippen LogP contribution in [-0.4, -0.2) is 44.6 Å². The molecule has 0 fully saturated rings. The topological polar surface area (TPSA) is 94.8 Å². The molecule has 3 N–H and O–H groups in total. The third-order valence-electron chi connectivity index (χ3n) is 6.22. The number of likely N-dealkylation sites (N-methyl/N-ethyl adjacent to an activating group) is 1. The Labute approximate surface area is 197 Å². The number of aromatic hydroxyl groups is 1. The van der Waals surface area contributed by atoms with Crippen LogP contribution in [0.3, 0.4) is 0 Å². The molecule has 0 saturated carbocycles. The molecule has 2 heterocycles. The summed E-state index contributed by atoms with van der Waals surface area (Å²) in [6.07, 6.45) is -1.35. The zero-order valence-electron chi connectivity index (χ0n) is 19.1. The van der Waals surface area contributed by atoms with Gasteiger partial charge < -0.3 is 20.1 Å². The summed E-state index contributed by atoms with van der Waals surface area (Å²) in [5.41, 5.74) is -2.64. The lowest BCUT2D eigenvalue weighted by Gasteiger charge is -2.40. The van der Waals surface area contributed by atoms with Crippen molar-refractivity contribution in [3.8, 4) is 5.75 Å². The van der Waals surface area contributed by atoms with E-state index in [1.165, 1.54) is 16.4 Å². The minimum atomic E-state index is -2.95. The standard InChI is InChI=1S/C23H26F5N3O4/c1-3-23(27,28)6-5-13-10-30(4-2)22(35)18-20(33)19(32)15(11-31(13)18)21(34)29-9-14-16(25)7-12(24)8-17(14)26/h7-8,11,13,22,33,35H,3-6,9-10H2,1-2H3,(H,29,34)/t13-,22?/m0/s1. The van der Waals surface area contributed by atoms with Crippen LogP contribution in [0.2, 0.25) is 0 Å². The lowest BCUT2D eigenvalue weighted by atomic mass is 10.00. The number of carbonyl (C=O) groups is 1. The summed E-state index contributed by atoms with van der Waals surface area (Å²) in [7, 11) is 0. The zero-order chi connectivity index (χ0) is 26.1. The van der Waals surface area contributed by atoms with Crippen LogP contribution in [0, 0.1) is 17.5 Å². The van der Waals surface area contributed by atoms with Gasteiger partial charge in [0.25, 0.3) is 5.91 Å². The fourth-order valence-corrected chi connectivity index (χ4v) is 4.08. The predicted molar refractivity (Wildman–Crippen MR) is 116 cm³/mol. The van der Waals surface area contributed by atoms with Gasteiger partial charge in [0.1, 0.15) is 28.7 Å². The SMILES string of the molecule is CCN1C[C@H](CCC(F)(F)CC)n2cc(C(=O)NCc3c(F)cc(F)cc3F)c(=O)c(O)c2C1O. The quantitative estimate of drug-likeness (QED) is 0.479. The molecule has 1 unspecified atom stereocenters. The van der Waals surface area contributed by atoms with Gasteiger partial charge in [-0.05, 0) is 13.0 Å². The molecule has 0 bridgehead atoms. The Morgan fingerprint density at radius 3 is 2.40 bits per heavy atom. The van der Waals surface area contributed by atoms with Crippen LogP contribution in [0.4, 0.5) is 22.0 Å². The Morgan fingerprint density at radius 2 is 1.83 bits per heavy atom. The average Bonchev–Trinajstić information content (AvgIpc) is 2.79. The van der Waals surface area contributed by atoms with E-state index in [0.717, 1.165) is 6.20 Å². The largest absolute Gasteiger partial charge is 0.503 e. The highest BCUT2D eigenvalue weighted by Crippen LogP contribution is 2.37. The Kier molecular flexibility index (Phi) is 7.85. The highest BCUT2D eigenvalue weighted by Gasteiger charge is 2.37. The van der Waals surface area contributed by atoms with E-state index >= 15 is 0 Å². The Morgan fingerprint density at radius 1 is 1.20 bits per heavy atom. The number of aliphatic hydroxyl groups excluding tert-OH is 1. The number of hydrogen-bond acceptors (Lipinski definition) is 5. The summed E-state index contributed by atoms with van der Waals surface area (Å²) in [5, 5.41) is 23.3. The second-order valence-electron chi connectivity index (χ2n) is 8.41. The van der Waals surface area contributed by atoms with Crippen molar-refractivity contribution in [2.24, 2.45) is 0 Å². The summed E-state index contributed by atoms with van der Waals surface area (Å²) in [5.74, 6) is -8.62. The Hall–Kier alpha value is -2.99. The third kappa shape index (κ3) is 5.48. The van der Waals surface area contributed by atoms with Gasteiger partial charge in [-0.15, -0.1) is 0 Å². The second-order valence-corrected chi connectivity index (χ2v) is 8.41. The van der Waals surface area contributed by atoms with Gasteiger partial charge in [0.05, 0.1) is 0 Å². The first kappa shape index (κ1) is 26.6. The number of amides is 1. The molecule has 1 aliphatic heterocycles. The van der Waals surface area contributed by atoms with Crippen molar-refractivity contribution in [2.45, 2.75) is 57.8 Å². The Bertz CT molecular complexity index is 1150. The summed E-state index contributed by atoms with van der Waals surface area (Å²) in [4.78, 5) is 26.9. The minimum absolute atomic E-state index is 0.0770. The van der Waals surface area contributed by atoms with Gasteiger partial charge in [-0.1, -0.05) is 13.8 Å². The van der Waals surface area contributed by atoms with E-state index in [2.05, 4.69) is 5.32 Å². The first-order valence-corrected chi connectivity index (χ1v) is 11.1. The second kappa shape index (κ2) is 10.3. The molecule has 192 valence electrons. The van der Waals surface area contributed by atoms with E-state index in [1.807, 2.05) is 0 Å². The maximum Gasteiger partial charge on any atom is 0.257 e. The van der Waals surface area contributed by atoms with Crippen molar-refractivity contribution in [3.63, 3.8) is 0 Å². The molecule has 1 amide bonds. The predicted octanol–water partition coefficient (Wildman–Crippen LogP) is 3.59. The normalized spacial score (nSPS) is 18.4. The van der Waals surface area contributed by atoms with E-state index in [1.54, 1.807) is 6.92 Å². The van der Waals surface area contributed by atoms with Gasteiger partial charge in [0.2, 0.25) is 11.4 Å². The first-order valence-electron chi connectivity index (χ1n) is 11.1. The Balaban J connectivity index is 1.96. The lowest BCUT2D eigenvalue weighted by molar-refractivity contribution is -0.0447. The number of halogens is 5. The van der Waals surface area contributed by atoms with Gasteiger partial charge in [-0.2, -0.15) is 0 Å². The van der Waals surface area contributed by atoms with Gasteiger partial charge >= 0.3 is 0 Å². The molecule has 0 radical (unpaired) electrons. The molecule has 7 nitrogen and oxygen atoms in total. The fraction of sp³-hybridized carbons (Fsp3) is 0.478. The molecule has 35 heavy (non-hydrogen) atoms. The molecule has 3 rings (SSSR count). The number of nitrogens with zero attached hydrogens (tertiary/aromatic N) is 2. The smallest absolute Gasteiger partial charge is 0.257 e. The number of benzene rings is 1. The van der Waals surface area contributed by atoms with Crippen molar-refractivity contribution in [1.29, 1.82) is 0 Å². The van der Waals surface area contributed by atoms with Crippen LogP contribution in [0.25, 0.3) is 0 Å². The van der Waals surface area contributed by atoms with Crippen LogP contribution in [0.1, 0.15) is 67.0 Å². The summed E-state index contributed by atoms with van der Waals surface area (Å²) >= 11 is 0. The van der Waals surface area contributed by atoms with Gasteiger partial charge in [0, 0.05) is 55.9 Å². The highest BCUT2D eigenvalue weighted by molar-refractivity contribution is 5.94. The van der Waals surface area contributed by atoms with E-state index in [0.29, 0.717) is 18.7 Å². The molecule has 0 spiro atoms. The summed E-state index contributed by atoms with van der Waals surface area (Å²) in [6.45, 7) is 2.74. The minimum Gasteiger partial charge on any atom is -0.503 e. The summed E-state index contributed by atoms with van der Waals surface area (Å²) in [6, 6.07) is 0.152. The van der Waals surface area contributed by atoms with Crippen LogP contribution >= 0.6 is 0 Å².